The third kappa shape index (κ3) is 2.37. The summed E-state index contributed by atoms with van der Waals surface area (Å²) in [6, 6.07) is 8.12. The number of aromatic nitrogens is 3. The van der Waals surface area contributed by atoms with Gasteiger partial charge in [0.25, 0.3) is 0 Å². The molecule has 0 spiro atoms. The summed E-state index contributed by atoms with van der Waals surface area (Å²) < 4.78 is 25.2. The SMILES string of the molecule is Nn1c(CS(=O)(=O)c2ccccc2)n[nH]c1=S. The molecule has 3 N–H and O–H groups in total. The van der Waals surface area contributed by atoms with E-state index >= 15 is 0 Å². The summed E-state index contributed by atoms with van der Waals surface area (Å²) in [4.78, 5) is 0.230. The second-order valence-corrected chi connectivity index (χ2v) is 5.76. The smallest absolute Gasteiger partial charge is 0.214 e. The summed E-state index contributed by atoms with van der Waals surface area (Å²) in [7, 11) is -3.45. The zero-order chi connectivity index (χ0) is 12.5. The van der Waals surface area contributed by atoms with Crippen LogP contribution in [0.15, 0.2) is 35.2 Å². The molecule has 0 amide bonds. The van der Waals surface area contributed by atoms with Gasteiger partial charge in [-0.25, -0.2) is 13.1 Å². The molecule has 8 heteroatoms. The van der Waals surface area contributed by atoms with Gasteiger partial charge in [-0.1, -0.05) is 18.2 Å². The molecule has 0 saturated carbocycles. The lowest BCUT2D eigenvalue weighted by atomic mass is 10.4. The van der Waals surface area contributed by atoms with E-state index in [1.807, 2.05) is 0 Å². The highest BCUT2D eigenvalue weighted by Crippen LogP contribution is 2.13. The van der Waals surface area contributed by atoms with Gasteiger partial charge in [0, 0.05) is 0 Å². The minimum absolute atomic E-state index is 0.179. The van der Waals surface area contributed by atoms with Crippen molar-refractivity contribution in [1.82, 2.24) is 14.9 Å². The average molecular weight is 270 g/mol. The van der Waals surface area contributed by atoms with E-state index in [1.165, 1.54) is 12.1 Å². The standard InChI is InChI=1S/C9H10N4O2S2/c10-13-8(11-12-9(13)16)6-17(14,15)7-4-2-1-3-5-7/h1-5H,6,10H2,(H,12,16). The number of H-pyrrole nitrogens is 1. The van der Waals surface area contributed by atoms with Gasteiger partial charge < -0.3 is 5.84 Å². The molecule has 0 aliphatic carbocycles. The minimum atomic E-state index is -3.45. The van der Waals surface area contributed by atoms with Gasteiger partial charge in [0.1, 0.15) is 5.75 Å². The Morgan fingerprint density at radius 1 is 1.35 bits per heavy atom. The van der Waals surface area contributed by atoms with Gasteiger partial charge in [-0.2, -0.15) is 5.10 Å². The van der Waals surface area contributed by atoms with Crippen LogP contribution < -0.4 is 5.84 Å². The van der Waals surface area contributed by atoms with Crippen molar-refractivity contribution < 1.29 is 8.42 Å². The Bertz CT molecular complexity index is 673. The Morgan fingerprint density at radius 3 is 2.53 bits per heavy atom. The van der Waals surface area contributed by atoms with E-state index in [9.17, 15) is 8.42 Å². The number of benzene rings is 1. The number of nitrogens with one attached hydrogen (secondary N) is 1. The molecule has 0 aliphatic rings. The molecule has 1 aromatic heterocycles. The topological polar surface area (TPSA) is 93.8 Å². The summed E-state index contributed by atoms with van der Waals surface area (Å²) in [5.41, 5.74) is 0. The van der Waals surface area contributed by atoms with Crippen LogP contribution in [0.2, 0.25) is 0 Å². The molecule has 0 atom stereocenters. The van der Waals surface area contributed by atoms with E-state index in [0.717, 1.165) is 4.68 Å². The normalized spacial score (nSPS) is 11.5. The van der Waals surface area contributed by atoms with E-state index in [1.54, 1.807) is 18.2 Å². The Labute approximate surface area is 103 Å². The Kier molecular flexibility index (Phi) is 2.99. The van der Waals surface area contributed by atoms with Gasteiger partial charge in [-0.15, -0.1) is 0 Å². The van der Waals surface area contributed by atoms with Crippen molar-refractivity contribution in [2.75, 3.05) is 5.84 Å². The maximum Gasteiger partial charge on any atom is 0.214 e. The molecule has 0 radical (unpaired) electrons. The van der Waals surface area contributed by atoms with Gasteiger partial charge in [0.15, 0.2) is 15.7 Å². The first kappa shape index (κ1) is 11.8. The van der Waals surface area contributed by atoms with Crippen LogP contribution in [0.4, 0.5) is 0 Å². The zero-order valence-electron chi connectivity index (χ0n) is 8.70. The molecule has 17 heavy (non-hydrogen) atoms. The van der Waals surface area contributed by atoms with E-state index in [0.29, 0.717) is 0 Å². The summed E-state index contributed by atoms with van der Waals surface area (Å²) in [5, 5.41) is 6.20. The van der Waals surface area contributed by atoms with E-state index in [-0.39, 0.29) is 21.2 Å². The van der Waals surface area contributed by atoms with Crippen LogP contribution in [0.1, 0.15) is 5.82 Å². The quantitative estimate of drug-likeness (QED) is 0.630. The molecule has 0 unspecified atom stereocenters. The maximum atomic E-state index is 12.0. The third-order valence-electron chi connectivity index (χ3n) is 2.20. The van der Waals surface area contributed by atoms with Crippen molar-refractivity contribution in [1.29, 1.82) is 0 Å². The fraction of sp³-hybridized carbons (Fsp3) is 0.111. The van der Waals surface area contributed by atoms with Crippen molar-refractivity contribution in [2.24, 2.45) is 0 Å². The van der Waals surface area contributed by atoms with Crippen LogP contribution >= 0.6 is 12.2 Å². The molecule has 6 nitrogen and oxygen atoms in total. The van der Waals surface area contributed by atoms with Crippen molar-refractivity contribution in [3.63, 3.8) is 0 Å². The van der Waals surface area contributed by atoms with Crippen molar-refractivity contribution in [2.45, 2.75) is 10.6 Å². The molecule has 90 valence electrons. The van der Waals surface area contributed by atoms with Crippen molar-refractivity contribution in [3.05, 3.63) is 40.9 Å². The molecule has 0 fully saturated rings. The first-order valence-corrected chi connectivity index (χ1v) is 6.76. The lowest BCUT2D eigenvalue weighted by molar-refractivity contribution is 0.593. The van der Waals surface area contributed by atoms with Gasteiger partial charge in [0.2, 0.25) is 4.77 Å². The number of aromatic amines is 1. The van der Waals surface area contributed by atoms with Gasteiger partial charge in [-0.05, 0) is 24.4 Å². The number of nitrogens with zero attached hydrogens (tertiary/aromatic N) is 2. The third-order valence-corrected chi connectivity index (χ3v) is 4.12. The summed E-state index contributed by atoms with van der Waals surface area (Å²) in [6.45, 7) is 0. The predicted octanol–water partition coefficient (Wildman–Crippen LogP) is 0.628. The Balaban J connectivity index is 2.37. The molecular weight excluding hydrogens is 260 g/mol. The van der Waals surface area contributed by atoms with Crippen LogP contribution in [0.5, 0.6) is 0 Å². The highest BCUT2D eigenvalue weighted by atomic mass is 32.2. The molecular formula is C9H10N4O2S2. The second-order valence-electron chi connectivity index (χ2n) is 3.39. The number of rotatable bonds is 3. The molecule has 1 aromatic carbocycles. The molecule has 1 heterocycles. The number of sulfone groups is 1. The zero-order valence-corrected chi connectivity index (χ0v) is 10.3. The fourth-order valence-corrected chi connectivity index (χ4v) is 2.75. The number of nitrogens with two attached hydrogens (primary N) is 1. The van der Waals surface area contributed by atoms with E-state index in [2.05, 4.69) is 10.2 Å². The average Bonchev–Trinajstić information content (AvgIpc) is 2.62. The molecule has 0 saturated heterocycles. The van der Waals surface area contributed by atoms with Gasteiger partial charge >= 0.3 is 0 Å². The first-order chi connectivity index (χ1) is 8.00. The van der Waals surface area contributed by atoms with Crippen molar-refractivity contribution in [3.8, 4) is 0 Å². The van der Waals surface area contributed by atoms with Crippen LogP contribution in [0.25, 0.3) is 0 Å². The second kappa shape index (κ2) is 4.30. The van der Waals surface area contributed by atoms with Crippen LogP contribution in [0, 0.1) is 4.77 Å². The lowest BCUT2D eigenvalue weighted by Gasteiger charge is -2.03. The van der Waals surface area contributed by atoms with Crippen LogP contribution in [-0.2, 0) is 15.6 Å². The van der Waals surface area contributed by atoms with E-state index < -0.39 is 9.84 Å². The number of nitrogen functional groups attached to an aromatic ring is 1. The van der Waals surface area contributed by atoms with Crippen LogP contribution in [-0.4, -0.2) is 23.3 Å². The first-order valence-electron chi connectivity index (χ1n) is 4.70. The van der Waals surface area contributed by atoms with Gasteiger partial charge in [-0.3, -0.25) is 5.10 Å². The van der Waals surface area contributed by atoms with Gasteiger partial charge in [0.05, 0.1) is 4.90 Å². The molecule has 2 aromatic rings. The fourth-order valence-electron chi connectivity index (χ4n) is 1.32. The summed E-state index contributed by atoms with van der Waals surface area (Å²) >= 11 is 4.81. The highest BCUT2D eigenvalue weighted by Gasteiger charge is 2.18. The Hall–Kier alpha value is -1.67. The molecule has 0 aliphatic heterocycles. The maximum absolute atomic E-state index is 12.0. The predicted molar refractivity (Wildman–Crippen MR) is 64.9 cm³/mol. The van der Waals surface area contributed by atoms with E-state index in [4.69, 9.17) is 18.1 Å². The lowest BCUT2D eigenvalue weighted by Crippen LogP contribution is -2.16. The molecule has 2 rings (SSSR count). The Morgan fingerprint density at radius 2 is 2.00 bits per heavy atom. The highest BCUT2D eigenvalue weighted by molar-refractivity contribution is 7.90. The largest absolute Gasteiger partial charge is 0.335 e. The number of hydrogen-bond donors (Lipinski definition) is 2. The molecule has 0 bridgehead atoms. The minimum Gasteiger partial charge on any atom is -0.335 e. The van der Waals surface area contributed by atoms with Crippen molar-refractivity contribution >= 4 is 22.1 Å². The number of hydrogen-bond acceptors (Lipinski definition) is 5. The summed E-state index contributed by atoms with van der Waals surface area (Å²) in [5.74, 6) is 5.43. The summed E-state index contributed by atoms with van der Waals surface area (Å²) in [6.07, 6.45) is 0. The van der Waals surface area contributed by atoms with Crippen LogP contribution in [0.3, 0.4) is 0 Å². The monoisotopic (exact) mass is 270 g/mol.